The molecule has 0 saturated heterocycles. The number of carbonyl (C=O) groups is 1. The van der Waals surface area contributed by atoms with Crippen LogP contribution in [0.1, 0.15) is 26.3 Å². The van der Waals surface area contributed by atoms with Gasteiger partial charge in [0.2, 0.25) is 0 Å². The lowest BCUT2D eigenvalue weighted by Crippen LogP contribution is -2.55. The normalized spacial score (nSPS) is 15.5. The highest BCUT2D eigenvalue weighted by atomic mass is 19.4. The van der Waals surface area contributed by atoms with Crippen LogP contribution in [0.5, 0.6) is 0 Å². The first kappa shape index (κ1) is 15.5. The maximum Gasteiger partial charge on any atom is 0.419 e. The third kappa shape index (κ3) is 3.95. The number of halogens is 3. The maximum absolute atomic E-state index is 12.4. The minimum Gasteiger partial charge on any atom is -0.480 e. The molecule has 0 amide bonds. The summed E-state index contributed by atoms with van der Waals surface area (Å²) in [6.45, 7) is 4.72. The van der Waals surface area contributed by atoms with E-state index in [9.17, 15) is 23.1 Å². The molecule has 1 rings (SSSR count). The molecular weight excluding hydrogens is 263 g/mol. The fourth-order valence-electron chi connectivity index (χ4n) is 1.73. The van der Waals surface area contributed by atoms with Crippen LogP contribution >= 0.6 is 0 Å². The van der Waals surface area contributed by atoms with Gasteiger partial charge in [0, 0.05) is 12.2 Å². The topological polar surface area (TPSA) is 67.2 Å². The first-order valence-electron chi connectivity index (χ1n) is 5.65. The van der Waals surface area contributed by atoms with Gasteiger partial charge in [-0.1, -0.05) is 0 Å². The lowest BCUT2D eigenvalue weighted by Gasteiger charge is -2.28. The molecule has 1 aromatic heterocycles. The van der Waals surface area contributed by atoms with E-state index in [-0.39, 0.29) is 12.6 Å². The fraction of sp³-hybridized carbons (Fsp3) is 0.636. The van der Waals surface area contributed by atoms with Crippen LogP contribution in [-0.4, -0.2) is 32.4 Å². The van der Waals surface area contributed by atoms with E-state index in [2.05, 4.69) is 10.4 Å². The van der Waals surface area contributed by atoms with Crippen LogP contribution in [-0.2, 0) is 17.5 Å². The maximum atomic E-state index is 12.4. The van der Waals surface area contributed by atoms with Crippen molar-refractivity contribution in [3.8, 4) is 0 Å². The summed E-state index contributed by atoms with van der Waals surface area (Å²) in [5.74, 6) is -1.15. The number of aromatic nitrogens is 2. The van der Waals surface area contributed by atoms with Crippen molar-refractivity contribution < 1.29 is 23.1 Å². The number of hydrogen-bond acceptors (Lipinski definition) is 3. The summed E-state index contributed by atoms with van der Waals surface area (Å²) in [5.41, 5.74) is -2.28. The largest absolute Gasteiger partial charge is 0.480 e. The van der Waals surface area contributed by atoms with E-state index < -0.39 is 23.2 Å². The van der Waals surface area contributed by atoms with Crippen LogP contribution in [0.4, 0.5) is 13.2 Å². The van der Waals surface area contributed by atoms with Crippen LogP contribution in [0.2, 0.25) is 0 Å². The molecule has 8 heteroatoms. The van der Waals surface area contributed by atoms with E-state index in [1.807, 2.05) is 0 Å². The summed E-state index contributed by atoms with van der Waals surface area (Å²) in [6.07, 6.45) is -3.01. The van der Waals surface area contributed by atoms with Crippen molar-refractivity contribution >= 4 is 5.97 Å². The Morgan fingerprint density at radius 1 is 1.53 bits per heavy atom. The molecule has 0 spiro atoms. The minimum absolute atomic E-state index is 0.126. The molecule has 0 bridgehead atoms. The van der Waals surface area contributed by atoms with E-state index in [0.717, 1.165) is 10.9 Å². The van der Waals surface area contributed by atoms with Crippen molar-refractivity contribution in [2.75, 3.05) is 0 Å². The van der Waals surface area contributed by atoms with Crippen LogP contribution in [0, 0.1) is 0 Å². The molecule has 1 aromatic rings. The molecular formula is C11H16F3N3O2. The first-order valence-corrected chi connectivity index (χ1v) is 5.65. The predicted octanol–water partition coefficient (Wildman–Crippen LogP) is 1.74. The highest BCUT2D eigenvalue weighted by Crippen LogP contribution is 2.28. The van der Waals surface area contributed by atoms with E-state index in [4.69, 9.17) is 0 Å². The van der Waals surface area contributed by atoms with Gasteiger partial charge in [-0.3, -0.25) is 14.8 Å². The van der Waals surface area contributed by atoms with Crippen molar-refractivity contribution in [2.24, 2.45) is 0 Å². The Morgan fingerprint density at radius 2 is 2.11 bits per heavy atom. The smallest absolute Gasteiger partial charge is 0.419 e. The predicted molar refractivity (Wildman–Crippen MR) is 61.5 cm³/mol. The summed E-state index contributed by atoms with van der Waals surface area (Å²) >= 11 is 0. The summed E-state index contributed by atoms with van der Waals surface area (Å²) < 4.78 is 38.2. The van der Waals surface area contributed by atoms with Gasteiger partial charge in [-0.05, 0) is 20.8 Å². The second-order valence-corrected chi connectivity index (χ2v) is 4.86. The quantitative estimate of drug-likeness (QED) is 0.861. The molecule has 0 aliphatic heterocycles. The Labute approximate surface area is 108 Å². The molecule has 0 aromatic carbocycles. The summed E-state index contributed by atoms with van der Waals surface area (Å²) in [7, 11) is 0. The van der Waals surface area contributed by atoms with E-state index in [0.29, 0.717) is 6.20 Å². The van der Waals surface area contributed by atoms with Gasteiger partial charge in [-0.15, -0.1) is 0 Å². The zero-order valence-corrected chi connectivity index (χ0v) is 10.8. The molecule has 108 valence electrons. The summed E-state index contributed by atoms with van der Waals surface area (Å²) in [6, 6.07) is -0.126. The van der Waals surface area contributed by atoms with Crippen LogP contribution in [0.15, 0.2) is 12.4 Å². The Hall–Kier alpha value is -1.57. The zero-order chi connectivity index (χ0) is 14.8. The summed E-state index contributed by atoms with van der Waals surface area (Å²) in [5, 5.41) is 15.5. The molecule has 5 nitrogen and oxygen atoms in total. The van der Waals surface area contributed by atoms with Gasteiger partial charge < -0.3 is 5.11 Å². The van der Waals surface area contributed by atoms with Gasteiger partial charge in [0.15, 0.2) is 0 Å². The molecule has 1 unspecified atom stereocenters. The fourth-order valence-corrected chi connectivity index (χ4v) is 1.73. The van der Waals surface area contributed by atoms with Gasteiger partial charge in [0.25, 0.3) is 0 Å². The van der Waals surface area contributed by atoms with Crippen molar-refractivity contribution in [1.82, 2.24) is 15.1 Å². The second kappa shape index (κ2) is 5.20. The molecule has 0 fully saturated rings. The van der Waals surface area contributed by atoms with Gasteiger partial charge in [-0.25, -0.2) is 0 Å². The number of alkyl halides is 3. The zero-order valence-electron chi connectivity index (χ0n) is 10.8. The average Bonchev–Trinajstić information content (AvgIpc) is 2.63. The Balaban J connectivity index is 2.92. The lowest BCUT2D eigenvalue weighted by atomic mass is 10.0. The second-order valence-electron chi connectivity index (χ2n) is 4.86. The highest BCUT2D eigenvalue weighted by Gasteiger charge is 2.36. The average molecular weight is 279 g/mol. The molecule has 0 aliphatic rings. The van der Waals surface area contributed by atoms with E-state index in [1.165, 1.54) is 6.92 Å². The van der Waals surface area contributed by atoms with E-state index in [1.54, 1.807) is 13.8 Å². The third-order valence-electron chi connectivity index (χ3n) is 2.52. The standard InChI is InChI=1S/C11H16F3N3O2/c1-7(2)16-10(3,9(18)19)6-17-5-8(4-15-17)11(12,13)14/h4-5,7,16H,6H2,1-3H3,(H,18,19). The number of carboxylic acids is 1. The number of rotatable bonds is 5. The van der Waals surface area contributed by atoms with Crippen LogP contribution in [0.25, 0.3) is 0 Å². The molecule has 0 radical (unpaired) electrons. The third-order valence-corrected chi connectivity index (χ3v) is 2.52. The van der Waals surface area contributed by atoms with E-state index >= 15 is 0 Å². The number of nitrogens with zero attached hydrogens (tertiary/aromatic N) is 2. The number of hydrogen-bond donors (Lipinski definition) is 2. The Morgan fingerprint density at radius 3 is 2.47 bits per heavy atom. The Bertz CT molecular complexity index is 456. The molecule has 0 aliphatic carbocycles. The molecule has 2 N–H and O–H groups in total. The Kier molecular flexibility index (Phi) is 4.24. The van der Waals surface area contributed by atoms with Gasteiger partial charge in [0.1, 0.15) is 5.54 Å². The molecule has 0 saturated carbocycles. The molecule has 19 heavy (non-hydrogen) atoms. The van der Waals surface area contributed by atoms with Crippen molar-refractivity contribution in [3.63, 3.8) is 0 Å². The minimum atomic E-state index is -4.48. The number of nitrogens with one attached hydrogen (secondary N) is 1. The van der Waals surface area contributed by atoms with Crippen molar-refractivity contribution in [3.05, 3.63) is 18.0 Å². The number of aliphatic carboxylic acids is 1. The van der Waals surface area contributed by atoms with Crippen molar-refractivity contribution in [1.29, 1.82) is 0 Å². The van der Waals surface area contributed by atoms with Crippen molar-refractivity contribution in [2.45, 2.75) is 45.1 Å². The van der Waals surface area contributed by atoms with Crippen LogP contribution < -0.4 is 5.32 Å². The molecule has 1 heterocycles. The van der Waals surface area contributed by atoms with Gasteiger partial charge in [-0.2, -0.15) is 18.3 Å². The highest BCUT2D eigenvalue weighted by molar-refractivity contribution is 5.78. The molecule has 1 atom stereocenters. The monoisotopic (exact) mass is 279 g/mol. The summed E-state index contributed by atoms with van der Waals surface area (Å²) in [4.78, 5) is 11.2. The number of carboxylic acid groups (broad SMARTS) is 1. The van der Waals surface area contributed by atoms with Gasteiger partial charge in [0.05, 0.1) is 18.3 Å². The van der Waals surface area contributed by atoms with Gasteiger partial charge >= 0.3 is 12.1 Å². The van der Waals surface area contributed by atoms with Crippen LogP contribution in [0.3, 0.4) is 0 Å². The SMILES string of the molecule is CC(C)NC(C)(Cn1cc(C(F)(F)F)cn1)C(=O)O. The lowest BCUT2D eigenvalue weighted by molar-refractivity contribution is -0.145. The first-order chi connectivity index (χ1) is 8.54.